The normalized spacial score (nSPS) is 11.6. The molecule has 0 unspecified atom stereocenters. The zero-order valence-corrected chi connectivity index (χ0v) is 25.4. The predicted molar refractivity (Wildman–Crippen MR) is 176 cm³/mol. The molecular weight excluding hydrogens is 576 g/mol. The third kappa shape index (κ3) is 8.27. The Labute approximate surface area is 269 Å². The molecule has 0 radical (unpaired) electrons. The molecule has 7 nitrogen and oxygen atoms in total. The molecule has 46 heavy (non-hydrogen) atoms. The summed E-state index contributed by atoms with van der Waals surface area (Å²) < 4.78 is 11.0. The van der Waals surface area contributed by atoms with Crippen molar-refractivity contribution in [1.82, 2.24) is 10.6 Å². The standard InChI is InChI=1S/C39H36N2O5/c42-36(41-39(33-20-10-3-11-21-33,34-22-12-4-13-23-34)35-24-14-5-15-25-35)26-32(37(43)45-28-30-16-6-1-7-17-30)27-40-38(44)46-29-31-18-8-2-9-19-31/h1-25,32H,26-29H2,(H,40,44)(H,41,42)/t32-/m0/s1. The highest BCUT2D eigenvalue weighted by Crippen LogP contribution is 2.37. The third-order valence-electron chi connectivity index (χ3n) is 7.64. The summed E-state index contributed by atoms with van der Waals surface area (Å²) in [5.41, 5.74) is 3.15. The fourth-order valence-corrected chi connectivity index (χ4v) is 5.33. The minimum absolute atomic E-state index is 0.0399. The van der Waals surface area contributed by atoms with E-state index in [4.69, 9.17) is 9.47 Å². The number of carbonyl (C=O) groups excluding carboxylic acids is 3. The van der Waals surface area contributed by atoms with Gasteiger partial charge in [0, 0.05) is 13.0 Å². The number of esters is 1. The molecular formula is C39H36N2O5. The van der Waals surface area contributed by atoms with Crippen LogP contribution in [0.2, 0.25) is 0 Å². The third-order valence-corrected chi connectivity index (χ3v) is 7.64. The highest BCUT2D eigenvalue weighted by molar-refractivity contribution is 5.85. The van der Waals surface area contributed by atoms with Gasteiger partial charge in [-0.25, -0.2) is 4.79 Å². The zero-order chi connectivity index (χ0) is 32.0. The van der Waals surface area contributed by atoms with Gasteiger partial charge < -0.3 is 20.1 Å². The average molecular weight is 613 g/mol. The summed E-state index contributed by atoms with van der Waals surface area (Å²) >= 11 is 0. The van der Waals surface area contributed by atoms with E-state index in [9.17, 15) is 14.4 Å². The summed E-state index contributed by atoms with van der Waals surface area (Å²) in [5, 5.41) is 5.94. The van der Waals surface area contributed by atoms with Gasteiger partial charge in [-0.05, 0) is 27.8 Å². The van der Waals surface area contributed by atoms with Gasteiger partial charge in [0.05, 0.1) is 5.92 Å². The molecule has 2 amide bonds. The number of hydrogen-bond donors (Lipinski definition) is 2. The minimum atomic E-state index is -1.05. The Hall–Kier alpha value is -5.69. The molecule has 0 saturated carbocycles. The van der Waals surface area contributed by atoms with Crippen molar-refractivity contribution in [3.05, 3.63) is 179 Å². The second-order valence-electron chi connectivity index (χ2n) is 10.8. The Balaban J connectivity index is 1.38. The molecule has 0 aliphatic rings. The van der Waals surface area contributed by atoms with Crippen molar-refractivity contribution < 1.29 is 23.9 Å². The van der Waals surface area contributed by atoms with Gasteiger partial charge >= 0.3 is 12.1 Å². The maximum atomic E-state index is 14.1. The summed E-state index contributed by atoms with van der Waals surface area (Å²) in [6.07, 6.45) is -0.932. The minimum Gasteiger partial charge on any atom is -0.461 e. The second kappa shape index (κ2) is 15.9. The van der Waals surface area contributed by atoms with E-state index in [0.717, 1.165) is 27.8 Å². The van der Waals surface area contributed by atoms with E-state index < -0.39 is 29.4 Å². The van der Waals surface area contributed by atoms with Crippen LogP contribution in [0.25, 0.3) is 0 Å². The van der Waals surface area contributed by atoms with Crippen LogP contribution in [0.15, 0.2) is 152 Å². The van der Waals surface area contributed by atoms with Crippen molar-refractivity contribution in [3.8, 4) is 0 Å². The molecule has 0 heterocycles. The van der Waals surface area contributed by atoms with Crippen molar-refractivity contribution in [2.24, 2.45) is 5.92 Å². The van der Waals surface area contributed by atoms with Gasteiger partial charge in [-0.15, -0.1) is 0 Å². The summed E-state index contributed by atoms with van der Waals surface area (Å²) in [4.78, 5) is 40.1. The first-order valence-electron chi connectivity index (χ1n) is 15.2. The Kier molecular flexibility index (Phi) is 10.9. The number of amides is 2. The molecule has 0 aromatic heterocycles. The number of rotatable bonds is 13. The Morgan fingerprint density at radius 1 is 0.543 bits per heavy atom. The molecule has 0 saturated heterocycles. The van der Waals surface area contributed by atoms with Crippen molar-refractivity contribution in [2.75, 3.05) is 6.54 Å². The molecule has 1 atom stereocenters. The van der Waals surface area contributed by atoms with Crippen LogP contribution in [0.3, 0.4) is 0 Å². The van der Waals surface area contributed by atoms with Crippen molar-refractivity contribution in [2.45, 2.75) is 25.2 Å². The number of ether oxygens (including phenoxy) is 2. The molecule has 5 aromatic carbocycles. The summed E-state index contributed by atoms with van der Waals surface area (Å²) in [5.74, 6) is -1.97. The van der Waals surface area contributed by atoms with E-state index in [0.29, 0.717) is 0 Å². The van der Waals surface area contributed by atoms with Gasteiger partial charge in [0.25, 0.3) is 0 Å². The van der Waals surface area contributed by atoms with E-state index in [1.807, 2.05) is 152 Å². The average Bonchev–Trinajstić information content (AvgIpc) is 3.12. The molecule has 0 aliphatic carbocycles. The van der Waals surface area contributed by atoms with E-state index in [1.54, 1.807) is 0 Å². The van der Waals surface area contributed by atoms with Gasteiger partial charge in [-0.2, -0.15) is 0 Å². The van der Waals surface area contributed by atoms with Crippen LogP contribution in [0.5, 0.6) is 0 Å². The van der Waals surface area contributed by atoms with Crippen molar-refractivity contribution in [1.29, 1.82) is 0 Å². The fourth-order valence-electron chi connectivity index (χ4n) is 5.33. The molecule has 5 aromatic rings. The first-order chi connectivity index (χ1) is 22.5. The van der Waals surface area contributed by atoms with Gasteiger partial charge in [0.1, 0.15) is 18.8 Å². The van der Waals surface area contributed by atoms with Crippen LogP contribution < -0.4 is 10.6 Å². The predicted octanol–water partition coefficient (Wildman–Crippen LogP) is 6.77. The topological polar surface area (TPSA) is 93.7 Å². The molecule has 232 valence electrons. The SMILES string of the molecule is O=C(C[C@@H](CNC(=O)OCc1ccccc1)C(=O)OCc1ccccc1)NC(c1ccccc1)(c1ccccc1)c1ccccc1. The van der Waals surface area contributed by atoms with Gasteiger partial charge in [-0.1, -0.05) is 152 Å². The van der Waals surface area contributed by atoms with Crippen LogP contribution in [0.1, 0.15) is 34.2 Å². The van der Waals surface area contributed by atoms with Crippen LogP contribution in [-0.4, -0.2) is 24.5 Å². The van der Waals surface area contributed by atoms with Gasteiger partial charge in [0.15, 0.2) is 0 Å². The van der Waals surface area contributed by atoms with Crippen LogP contribution in [0.4, 0.5) is 4.79 Å². The lowest BCUT2D eigenvalue weighted by Gasteiger charge is -2.37. The maximum absolute atomic E-state index is 14.1. The molecule has 7 heteroatoms. The highest BCUT2D eigenvalue weighted by Gasteiger charge is 2.38. The number of hydrogen-bond acceptors (Lipinski definition) is 5. The molecule has 5 rings (SSSR count). The molecule has 0 bridgehead atoms. The van der Waals surface area contributed by atoms with Crippen LogP contribution in [0, 0.1) is 5.92 Å². The zero-order valence-electron chi connectivity index (χ0n) is 25.4. The Morgan fingerprint density at radius 2 is 0.935 bits per heavy atom. The maximum Gasteiger partial charge on any atom is 0.407 e. The monoisotopic (exact) mass is 612 g/mol. The lowest BCUT2D eigenvalue weighted by atomic mass is 9.76. The summed E-state index contributed by atoms with van der Waals surface area (Å²) in [7, 11) is 0. The molecule has 0 aliphatic heterocycles. The highest BCUT2D eigenvalue weighted by atomic mass is 16.5. The lowest BCUT2D eigenvalue weighted by molar-refractivity contribution is -0.151. The smallest absolute Gasteiger partial charge is 0.407 e. The van der Waals surface area contributed by atoms with E-state index in [1.165, 1.54) is 0 Å². The van der Waals surface area contributed by atoms with Crippen LogP contribution in [-0.2, 0) is 37.8 Å². The lowest BCUT2D eigenvalue weighted by Crippen LogP contribution is -2.49. The molecule has 0 fully saturated rings. The van der Waals surface area contributed by atoms with E-state index >= 15 is 0 Å². The first kappa shape index (κ1) is 31.7. The van der Waals surface area contributed by atoms with E-state index in [2.05, 4.69) is 10.6 Å². The quantitative estimate of drug-likeness (QED) is 0.113. The number of nitrogens with one attached hydrogen (secondary N) is 2. The van der Waals surface area contributed by atoms with Gasteiger partial charge in [0.2, 0.25) is 5.91 Å². The van der Waals surface area contributed by atoms with Crippen LogP contribution >= 0.6 is 0 Å². The van der Waals surface area contributed by atoms with Gasteiger partial charge in [-0.3, -0.25) is 9.59 Å². The number of benzene rings is 5. The molecule has 2 N–H and O–H groups in total. The largest absolute Gasteiger partial charge is 0.461 e. The second-order valence-corrected chi connectivity index (χ2v) is 10.8. The number of alkyl carbamates (subject to hydrolysis) is 1. The molecule has 0 spiro atoms. The summed E-state index contributed by atoms with van der Waals surface area (Å²) in [6, 6.07) is 47.7. The summed E-state index contributed by atoms with van der Waals surface area (Å²) in [6.45, 7) is -0.0358. The first-order valence-corrected chi connectivity index (χ1v) is 15.2. The van der Waals surface area contributed by atoms with Crippen molar-refractivity contribution >= 4 is 18.0 Å². The van der Waals surface area contributed by atoms with E-state index in [-0.39, 0.29) is 26.2 Å². The number of carbonyl (C=O) groups is 3. The van der Waals surface area contributed by atoms with Crippen molar-refractivity contribution in [3.63, 3.8) is 0 Å². The fraction of sp³-hybridized carbons (Fsp3) is 0.154. The Morgan fingerprint density at radius 3 is 1.37 bits per heavy atom. The Bertz CT molecular complexity index is 1590.